The summed E-state index contributed by atoms with van der Waals surface area (Å²) in [6.07, 6.45) is 4.16. The first-order chi connectivity index (χ1) is 4.20. The highest BCUT2D eigenvalue weighted by atomic mass is 14.8. The van der Waals surface area contributed by atoms with Gasteiger partial charge in [-0.3, -0.25) is 4.99 Å². The molecule has 1 aliphatic heterocycles. The van der Waals surface area contributed by atoms with Crippen LogP contribution in [0.25, 0.3) is 0 Å². The Morgan fingerprint density at radius 2 is 2.22 bits per heavy atom. The third-order valence-corrected chi connectivity index (χ3v) is 1.57. The molecule has 0 aromatic rings. The molecule has 0 aromatic carbocycles. The molecule has 0 radical (unpaired) electrons. The second-order valence-corrected chi connectivity index (χ2v) is 2.92. The number of aliphatic imine (C=N–C) groups is 1. The highest BCUT2D eigenvalue weighted by molar-refractivity contribution is 5.80. The lowest BCUT2D eigenvalue weighted by molar-refractivity contribution is 0.579. The maximum Gasteiger partial charge on any atom is 0.0708 e. The minimum atomic E-state index is 0.449. The Balaban J connectivity index is 2.59. The van der Waals surface area contributed by atoms with Crippen LogP contribution in [0.1, 0.15) is 20.8 Å². The molecule has 0 aliphatic carbocycles. The summed E-state index contributed by atoms with van der Waals surface area (Å²) in [6.45, 7) is 6.47. The molecule has 0 amide bonds. The predicted molar refractivity (Wildman–Crippen MR) is 40.9 cm³/mol. The summed E-state index contributed by atoms with van der Waals surface area (Å²) in [5, 5.41) is 0. The van der Waals surface area contributed by atoms with Crippen LogP contribution in [0.4, 0.5) is 0 Å². The Morgan fingerprint density at radius 1 is 1.56 bits per heavy atom. The molecule has 0 saturated heterocycles. The number of nitrogens with zero attached hydrogens (tertiary/aromatic N) is 1. The number of allylic oxidation sites excluding steroid dienone is 1. The molecule has 0 fully saturated rings. The van der Waals surface area contributed by atoms with Crippen LogP contribution in [0.3, 0.4) is 0 Å². The molecular weight excluding hydrogens is 110 g/mol. The van der Waals surface area contributed by atoms with Gasteiger partial charge in [-0.1, -0.05) is 19.9 Å². The summed E-state index contributed by atoms with van der Waals surface area (Å²) in [5.74, 6) is 0.652. The van der Waals surface area contributed by atoms with Crippen molar-refractivity contribution < 1.29 is 0 Å². The second-order valence-electron chi connectivity index (χ2n) is 2.92. The Hall–Kier alpha value is -0.590. The molecule has 0 bridgehead atoms. The summed E-state index contributed by atoms with van der Waals surface area (Å²) in [6, 6.07) is 0.449. The van der Waals surface area contributed by atoms with Crippen molar-refractivity contribution in [1.29, 1.82) is 0 Å². The summed E-state index contributed by atoms with van der Waals surface area (Å²) >= 11 is 0. The monoisotopic (exact) mass is 123 g/mol. The molecule has 1 nitrogen and oxygen atoms in total. The standard InChI is InChI=1S/C8H13N/c1-6(2)8-4-7(3)5-9-8/h4-6,8H,1-3H3. The molecule has 1 heterocycles. The van der Waals surface area contributed by atoms with Gasteiger partial charge in [-0.05, 0) is 18.4 Å². The van der Waals surface area contributed by atoms with E-state index in [-0.39, 0.29) is 0 Å². The fraction of sp³-hybridized carbons (Fsp3) is 0.625. The van der Waals surface area contributed by atoms with Gasteiger partial charge in [-0.15, -0.1) is 0 Å². The number of hydrogen-bond acceptors (Lipinski definition) is 1. The molecule has 50 valence electrons. The fourth-order valence-electron chi connectivity index (χ4n) is 0.924. The molecule has 0 N–H and O–H groups in total. The molecule has 1 atom stereocenters. The van der Waals surface area contributed by atoms with Gasteiger partial charge in [0.05, 0.1) is 6.04 Å². The Bertz CT molecular complexity index is 154. The van der Waals surface area contributed by atoms with Crippen LogP contribution in [0.5, 0.6) is 0 Å². The van der Waals surface area contributed by atoms with Crippen LogP contribution < -0.4 is 0 Å². The van der Waals surface area contributed by atoms with Crippen molar-refractivity contribution in [3.05, 3.63) is 11.6 Å². The molecule has 1 aliphatic rings. The van der Waals surface area contributed by atoms with E-state index in [9.17, 15) is 0 Å². The van der Waals surface area contributed by atoms with Gasteiger partial charge in [0.2, 0.25) is 0 Å². The topological polar surface area (TPSA) is 12.4 Å². The normalized spacial score (nSPS) is 25.3. The lowest BCUT2D eigenvalue weighted by Gasteiger charge is -2.06. The average Bonchev–Trinajstić information content (AvgIpc) is 2.14. The van der Waals surface area contributed by atoms with Crippen LogP contribution in [-0.4, -0.2) is 12.3 Å². The first-order valence-electron chi connectivity index (χ1n) is 3.42. The van der Waals surface area contributed by atoms with E-state index in [0.29, 0.717) is 12.0 Å². The lowest BCUT2D eigenvalue weighted by Crippen LogP contribution is -2.05. The molecule has 0 spiro atoms. The molecule has 9 heavy (non-hydrogen) atoms. The molecule has 1 rings (SSSR count). The van der Waals surface area contributed by atoms with Crippen molar-refractivity contribution in [2.45, 2.75) is 26.8 Å². The van der Waals surface area contributed by atoms with Gasteiger partial charge in [0.1, 0.15) is 0 Å². The van der Waals surface area contributed by atoms with Crippen molar-refractivity contribution in [1.82, 2.24) is 0 Å². The van der Waals surface area contributed by atoms with Crippen LogP contribution in [0, 0.1) is 5.92 Å². The van der Waals surface area contributed by atoms with Crippen molar-refractivity contribution >= 4 is 6.21 Å². The van der Waals surface area contributed by atoms with E-state index in [1.165, 1.54) is 5.57 Å². The first kappa shape index (κ1) is 6.53. The zero-order valence-corrected chi connectivity index (χ0v) is 6.26. The van der Waals surface area contributed by atoms with E-state index in [0.717, 1.165) is 0 Å². The van der Waals surface area contributed by atoms with Crippen LogP contribution in [0.2, 0.25) is 0 Å². The van der Waals surface area contributed by atoms with E-state index >= 15 is 0 Å². The van der Waals surface area contributed by atoms with Crippen LogP contribution >= 0.6 is 0 Å². The minimum Gasteiger partial charge on any atom is -0.285 e. The van der Waals surface area contributed by atoms with Gasteiger partial charge in [0.25, 0.3) is 0 Å². The van der Waals surface area contributed by atoms with E-state index in [2.05, 4.69) is 31.8 Å². The quantitative estimate of drug-likeness (QED) is 0.506. The van der Waals surface area contributed by atoms with Crippen molar-refractivity contribution in [3.8, 4) is 0 Å². The molecule has 1 unspecified atom stereocenters. The lowest BCUT2D eigenvalue weighted by atomic mass is 10.1. The van der Waals surface area contributed by atoms with Gasteiger partial charge in [-0.2, -0.15) is 0 Å². The Kier molecular flexibility index (Phi) is 1.70. The molecular formula is C8H13N. The smallest absolute Gasteiger partial charge is 0.0708 e. The largest absolute Gasteiger partial charge is 0.285 e. The van der Waals surface area contributed by atoms with Crippen molar-refractivity contribution in [2.24, 2.45) is 10.9 Å². The summed E-state index contributed by atoms with van der Waals surface area (Å²) in [7, 11) is 0. The summed E-state index contributed by atoms with van der Waals surface area (Å²) in [5.41, 5.74) is 1.30. The van der Waals surface area contributed by atoms with E-state index in [1.807, 2.05) is 6.21 Å². The van der Waals surface area contributed by atoms with Crippen LogP contribution in [-0.2, 0) is 0 Å². The Labute approximate surface area is 56.5 Å². The summed E-state index contributed by atoms with van der Waals surface area (Å²) in [4.78, 5) is 4.30. The Morgan fingerprint density at radius 3 is 2.44 bits per heavy atom. The highest BCUT2D eigenvalue weighted by Gasteiger charge is 2.10. The van der Waals surface area contributed by atoms with Gasteiger partial charge >= 0.3 is 0 Å². The maximum atomic E-state index is 4.30. The van der Waals surface area contributed by atoms with Gasteiger partial charge in [0, 0.05) is 6.21 Å². The fourth-order valence-corrected chi connectivity index (χ4v) is 0.924. The van der Waals surface area contributed by atoms with E-state index in [4.69, 9.17) is 0 Å². The highest BCUT2D eigenvalue weighted by Crippen LogP contribution is 2.14. The van der Waals surface area contributed by atoms with Gasteiger partial charge in [0.15, 0.2) is 0 Å². The average molecular weight is 123 g/mol. The number of rotatable bonds is 1. The molecule has 0 saturated carbocycles. The van der Waals surface area contributed by atoms with Gasteiger partial charge in [-0.25, -0.2) is 0 Å². The summed E-state index contributed by atoms with van der Waals surface area (Å²) < 4.78 is 0. The molecule has 0 aromatic heterocycles. The van der Waals surface area contributed by atoms with Gasteiger partial charge < -0.3 is 0 Å². The minimum absolute atomic E-state index is 0.449. The third kappa shape index (κ3) is 1.41. The zero-order valence-electron chi connectivity index (χ0n) is 6.26. The third-order valence-electron chi connectivity index (χ3n) is 1.57. The van der Waals surface area contributed by atoms with Crippen molar-refractivity contribution in [2.75, 3.05) is 0 Å². The van der Waals surface area contributed by atoms with Crippen LogP contribution in [0.15, 0.2) is 16.6 Å². The van der Waals surface area contributed by atoms with Crippen molar-refractivity contribution in [3.63, 3.8) is 0 Å². The SMILES string of the molecule is CC1=CC(C(C)C)N=C1. The molecule has 1 heteroatoms. The number of hydrogen-bond donors (Lipinski definition) is 0. The van der Waals surface area contributed by atoms with E-state index < -0.39 is 0 Å². The predicted octanol–water partition coefficient (Wildman–Crippen LogP) is 2.04. The second kappa shape index (κ2) is 2.34. The van der Waals surface area contributed by atoms with E-state index in [1.54, 1.807) is 0 Å². The zero-order chi connectivity index (χ0) is 6.85. The first-order valence-corrected chi connectivity index (χ1v) is 3.42. The maximum absolute atomic E-state index is 4.30.